The van der Waals surface area contributed by atoms with Gasteiger partial charge < -0.3 is 14.8 Å². The van der Waals surface area contributed by atoms with Crippen molar-refractivity contribution < 1.29 is 9.84 Å². The summed E-state index contributed by atoms with van der Waals surface area (Å²) in [5, 5.41) is 18.0. The number of hydrogen-bond donors (Lipinski definition) is 2. The summed E-state index contributed by atoms with van der Waals surface area (Å²) >= 11 is 0. The van der Waals surface area contributed by atoms with Crippen LogP contribution < -0.4 is 15.9 Å². The second-order valence-electron chi connectivity index (χ2n) is 5.78. The number of aliphatic hydroxyl groups excluding tert-OH is 1. The number of nitrogens with one attached hydrogen (secondary N) is 1. The van der Waals surface area contributed by atoms with E-state index >= 15 is 0 Å². The van der Waals surface area contributed by atoms with E-state index in [1.54, 1.807) is 55.6 Å². The van der Waals surface area contributed by atoms with Gasteiger partial charge in [-0.05, 0) is 36.4 Å². The number of aromatic nitrogens is 4. The monoisotopic (exact) mass is 362 g/mol. The van der Waals surface area contributed by atoms with Gasteiger partial charge in [-0.1, -0.05) is 12.1 Å². The molecule has 8 heteroatoms. The van der Waals surface area contributed by atoms with Gasteiger partial charge in [0.25, 0.3) is 11.1 Å². The van der Waals surface area contributed by atoms with Crippen LogP contribution in [0.1, 0.15) is 11.3 Å². The summed E-state index contributed by atoms with van der Waals surface area (Å²) in [4.78, 5) is 27.7. The van der Waals surface area contributed by atoms with Crippen LogP contribution in [0.3, 0.4) is 0 Å². The molecule has 0 unspecified atom stereocenters. The first kappa shape index (κ1) is 16.5. The van der Waals surface area contributed by atoms with E-state index in [9.17, 15) is 14.7 Å². The summed E-state index contributed by atoms with van der Waals surface area (Å²) in [5.74, 6) is 0.487. The number of para-hydroxylation sites is 2. The first-order valence-electron chi connectivity index (χ1n) is 8.04. The van der Waals surface area contributed by atoms with E-state index in [1.807, 2.05) is 0 Å². The van der Waals surface area contributed by atoms with E-state index in [-0.39, 0.29) is 17.1 Å². The van der Waals surface area contributed by atoms with E-state index in [2.05, 4.69) is 15.2 Å². The number of rotatable bonds is 3. The van der Waals surface area contributed by atoms with Crippen molar-refractivity contribution in [2.24, 2.45) is 0 Å². The van der Waals surface area contributed by atoms with Crippen LogP contribution in [-0.4, -0.2) is 31.8 Å². The van der Waals surface area contributed by atoms with Crippen molar-refractivity contribution in [2.75, 3.05) is 7.11 Å². The highest BCUT2D eigenvalue weighted by Gasteiger charge is 2.12. The zero-order valence-electron chi connectivity index (χ0n) is 14.2. The van der Waals surface area contributed by atoms with Crippen LogP contribution in [0.5, 0.6) is 5.75 Å². The normalized spacial score (nSPS) is 11.8. The number of ether oxygens (including phenoxy) is 1. The number of fused-ring (bicyclic) bond motifs is 3. The second kappa shape index (κ2) is 6.41. The maximum Gasteiger partial charge on any atom is 0.294 e. The molecule has 0 atom stereocenters. The molecule has 0 radical (unpaired) electrons. The first-order chi connectivity index (χ1) is 13.1. The minimum atomic E-state index is -0.553. The summed E-state index contributed by atoms with van der Waals surface area (Å²) in [6.45, 7) is 0. The molecule has 8 nitrogen and oxygen atoms in total. The maximum absolute atomic E-state index is 12.9. The highest BCUT2D eigenvalue weighted by atomic mass is 16.5. The predicted octanol–water partition coefficient (Wildman–Crippen LogP) is 2.00. The topological polar surface area (TPSA) is 110 Å². The Labute approximate surface area is 152 Å². The van der Waals surface area contributed by atoms with Crippen LogP contribution in [-0.2, 0) is 0 Å². The van der Waals surface area contributed by atoms with E-state index in [0.29, 0.717) is 22.3 Å². The highest BCUT2D eigenvalue weighted by molar-refractivity contribution is 5.78. The summed E-state index contributed by atoms with van der Waals surface area (Å²) in [7, 11) is 1.54. The van der Waals surface area contributed by atoms with Crippen LogP contribution in [0.2, 0.25) is 0 Å². The van der Waals surface area contributed by atoms with Crippen LogP contribution in [0.15, 0.2) is 58.1 Å². The smallest absolute Gasteiger partial charge is 0.294 e. The Bertz CT molecular complexity index is 1300. The Balaban J connectivity index is 1.92. The molecule has 0 saturated heterocycles. The fourth-order valence-electron chi connectivity index (χ4n) is 2.79. The lowest BCUT2D eigenvalue weighted by molar-refractivity contribution is 0.414. The average Bonchev–Trinajstić information content (AvgIpc) is 2.70. The van der Waals surface area contributed by atoms with Gasteiger partial charge in [-0.3, -0.25) is 14.0 Å². The lowest BCUT2D eigenvalue weighted by atomic mass is 10.1. The molecule has 0 amide bonds. The Morgan fingerprint density at radius 3 is 2.59 bits per heavy atom. The van der Waals surface area contributed by atoms with Crippen LogP contribution in [0.4, 0.5) is 0 Å². The Morgan fingerprint density at radius 2 is 1.85 bits per heavy atom. The second-order valence-corrected chi connectivity index (χ2v) is 5.78. The quantitative estimate of drug-likeness (QED) is 0.426. The van der Waals surface area contributed by atoms with Gasteiger partial charge in [-0.2, -0.15) is 0 Å². The molecule has 0 aliphatic rings. The Morgan fingerprint density at radius 1 is 1.11 bits per heavy atom. The van der Waals surface area contributed by atoms with Crippen molar-refractivity contribution in [1.29, 1.82) is 0 Å². The fraction of sp³-hybridized carbons (Fsp3) is 0.0526. The minimum absolute atomic E-state index is 0.0865. The van der Waals surface area contributed by atoms with E-state index < -0.39 is 11.1 Å². The average molecular weight is 362 g/mol. The van der Waals surface area contributed by atoms with Gasteiger partial charge in [-0.15, -0.1) is 10.2 Å². The zero-order chi connectivity index (χ0) is 19.0. The summed E-state index contributed by atoms with van der Waals surface area (Å²) in [5.41, 5.74) is 0.204. The molecule has 4 aromatic rings. The molecule has 134 valence electrons. The van der Waals surface area contributed by atoms with Crippen LogP contribution >= 0.6 is 0 Å². The molecule has 2 heterocycles. The number of nitrogens with zero attached hydrogens (tertiary/aromatic N) is 3. The van der Waals surface area contributed by atoms with Crippen molar-refractivity contribution in [2.45, 2.75) is 0 Å². The van der Waals surface area contributed by atoms with Crippen LogP contribution in [0.25, 0.3) is 28.5 Å². The summed E-state index contributed by atoms with van der Waals surface area (Å²) in [6, 6.07) is 13.5. The Kier molecular flexibility index (Phi) is 3.92. The lowest BCUT2D eigenvalue weighted by Crippen LogP contribution is -2.26. The van der Waals surface area contributed by atoms with Gasteiger partial charge in [0.05, 0.1) is 18.1 Å². The van der Waals surface area contributed by atoms with Gasteiger partial charge >= 0.3 is 0 Å². The molecule has 0 aliphatic heterocycles. The van der Waals surface area contributed by atoms with Crippen molar-refractivity contribution in [3.63, 3.8) is 0 Å². The van der Waals surface area contributed by atoms with Gasteiger partial charge in [0.1, 0.15) is 11.5 Å². The maximum atomic E-state index is 12.9. The number of methoxy groups -OCH3 is 1. The fourth-order valence-corrected chi connectivity index (χ4v) is 2.79. The molecule has 2 N–H and O–H groups in total. The minimum Gasteiger partial charge on any atom is -0.507 e. The molecule has 0 spiro atoms. The molecule has 0 saturated carbocycles. The Hall–Kier alpha value is -3.94. The predicted molar refractivity (Wildman–Crippen MR) is 101 cm³/mol. The zero-order valence-corrected chi connectivity index (χ0v) is 14.2. The van der Waals surface area contributed by atoms with Gasteiger partial charge in [-0.25, -0.2) is 0 Å². The third-order valence-corrected chi connectivity index (χ3v) is 4.14. The third-order valence-electron chi connectivity index (χ3n) is 4.14. The number of aromatic amines is 1. The van der Waals surface area contributed by atoms with Crippen LogP contribution in [0, 0.1) is 0 Å². The lowest BCUT2D eigenvalue weighted by Gasteiger charge is -2.05. The first-order valence-corrected chi connectivity index (χ1v) is 8.04. The molecule has 0 aliphatic carbocycles. The number of aliphatic hydroxyl groups is 1. The SMILES string of the molecule is COc1ccc(/C(O)=C/c2nnc3c(=O)[nH]c4ccccc4n3c2=O)cc1. The van der Waals surface area contributed by atoms with E-state index in [0.717, 1.165) is 0 Å². The van der Waals surface area contributed by atoms with Crippen molar-refractivity contribution >= 4 is 28.5 Å². The molecule has 2 aromatic heterocycles. The molecular formula is C19H14N4O4. The molecule has 0 bridgehead atoms. The summed E-state index contributed by atoms with van der Waals surface area (Å²) in [6.07, 6.45) is 1.22. The molecule has 27 heavy (non-hydrogen) atoms. The largest absolute Gasteiger partial charge is 0.507 e. The van der Waals surface area contributed by atoms with Crippen molar-refractivity contribution in [3.05, 3.63) is 80.5 Å². The summed E-state index contributed by atoms with van der Waals surface area (Å²) < 4.78 is 6.27. The molecule has 4 rings (SSSR count). The van der Waals surface area contributed by atoms with Crippen molar-refractivity contribution in [1.82, 2.24) is 19.6 Å². The van der Waals surface area contributed by atoms with Gasteiger partial charge in [0.2, 0.25) is 5.65 Å². The highest BCUT2D eigenvalue weighted by Crippen LogP contribution is 2.18. The van der Waals surface area contributed by atoms with E-state index in [4.69, 9.17) is 4.74 Å². The number of H-pyrrole nitrogens is 1. The van der Waals surface area contributed by atoms with E-state index in [1.165, 1.54) is 10.5 Å². The number of hydrogen-bond acceptors (Lipinski definition) is 6. The molecule has 2 aromatic carbocycles. The standard InChI is InChI=1S/C19H14N4O4/c1-27-12-8-6-11(7-9-12)16(24)10-14-19(26)23-15-5-3-2-4-13(15)20-18(25)17(23)22-21-14/h2-10,24H,1H3,(H,20,25)/b16-10-. The molecule has 0 fully saturated rings. The van der Waals surface area contributed by atoms with Gasteiger partial charge in [0, 0.05) is 11.6 Å². The van der Waals surface area contributed by atoms with Gasteiger partial charge in [0.15, 0.2) is 5.69 Å². The molecular weight excluding hydrogens is 348 g/mol. The van der Waals surface area contributed by atoms with Crippen molar-refractivity contribution in [3.8, 4) is 5.75 Å². The third kappa shape index (κ3) is 2.82. The number of benzene rings is 2.